The molecule has 1 aromatic carbocycles. The maximum Gasteiger partial charge on any atom is 0.409 e. The lowest BCUT2D eigenvalue weighted by Crippen LogP contribution is -2.49. The molecule has 0 N–H and O–H groups in total. The van der Waals surface area contributed by atoms with Crippen LogP contribution in [0.25, 0.3) is 0 Å². The average molecular weight is 276 g/mol. The molecule has 1 aliphatic heterocycles. The van der Waals surface area contributed by atoms with E-state index in [0.29, 0.717) is 6.61 Å². The highest BCUT2D eigenvalue weighted by molar-refractivity contribution is 5.68. The highest BCUT2D eigenvalue weighted by atomic mass is 16.6. The molecule has 1 amide bonds. The Bertz CT molecular complexity index is 466. The van der Waals surface area contributed by atoms with Crippen LogP contribution < -0.4 is 4.90 Å². The number of rotatable bonds is 3. The van der Waals surface area contributed by atoms with Crippen molar-refractivity contribution in [3.05, 3.63) is 29.3 Å². The molecule has 0 atom stereocenters. The molecular formula is C16H24N2O2. The van der Waals surface area contributed by atoms with Gasteiger partial charge in [-0.1, -0.05) is 25.1 Å². The Morgan fingerprint density at radius 3 is 2.50 bits per heavy atom. The number of hydrogen-bond acceptors (Lipinski definition) is 3. The largest absolute Gasteiger partial charge is 0.450 e. The van der Waals surface area contributed by atoms with Gasteiger partial charge in [-0.25, -0.2) is 4.79 Å². The molecule has 2 rings (SSSR count). The van der Waals surface area contributed by atoms with Crippen LogP contribution >= 0.6 is 0 Å². The number of para-hydroxylation sites is 1. The predicted molar refractivity (Wildman–Crippen MR) is 81.4 cm³/mol. The van der Waals surface area contributed by atoms with E-state index in [0.717, 1.165) is 32.6 Å². The van der Waals surface area contributed by atoms with E-state index in [9.17, 15) is 4.79 Å². The summed E-state index contributed by atoms with van der Waals surface area (Å²) in [7, 11) is 0. The second-order valence-electron chi connectivity index (χ2n) is 5.11. The van der Waals surface area contributed by atoms with Crippen molar-refractivity contribution >= 4 is 11.8 Å². The summed E-state index contributed by atoms with van der Waals surface area (Å²) < 4.78 is 5.06. The molecule has 0 unspecified atom stereocenters. The van der Waals surface area contributed by atoms with Gasteiger partial charge >= 0.3 is 6.09 Å². The van der Waals surface area contributed by atoms with Crippen molar-refractivity contribution in [1.82, 2.24) is 4.90 Å². The molecule has 1 aliphatic rings. The van der Waals surface area contributed by atoms with Crippen molar-refractivity contribution in [2.75, 3.05) is 37.7 Å². The van der Waals surface area contributed by atoms with Gasteiger partial charge in [-0.15, -0.1) is 0 Å². The second kappa shape index (κ2) is 6.64. The number of carbonyl (C=O) groups excluding carboxylic acids is 1. The lowest BCUT2D eigenvalue weighted by Gasteiger charge is -2.37. The third-order valence-electron chi connectivity index (χ3n) is 3.82. The minimum absolute atomic E-state index is 0.187. The van der Waals surface area contributed by atoms with Crippen molar-refractivity contribution < 1.29 is 9.53 Å². The van der Waals surface area contributed by atoms with Crippen LogP contribution in [-0.4, -0.2) is 43.8 Å². The van der Waals surface area contributed by atoms with Crippen LogP contribution in [0.2, 0.25) is 0 Å². The number of amides is 1. The topological polar surface area (TPSA) is 32.8 Å². The quantitative estimate of drug-likeness (QED) is 0.851. The number of aryl methyl sites for hydroxylation is 2. The number of anilines is 1. The molecule has 20 heavy (non-hydrogen) atoms. The summed E-state index contributed by atoms with van der Waals surface area (Å²) in [4.78, 5) is 15.9. The summed E-state index contributed by atoms with van der Waals surface area (Å²) in [5, 5.41) is 0. The highest BCUT2D eigenvalue weighted by Gasteiger charge is 2.23. The van der Waals surface area contributed by atoms with Crippen molar-refractivity contribution in [1.29, 1.82) is 0 Å². The summed E-state index contributed by atoms with van der Waals surface area (Å²) in [5.74, 6) is 0. The fourth-order valence-electron chi connectivity index (χ4n) is 2.78. The van der Waals surface area contributed by atoms with Crippen molar-refractivity contribution in [2.45, 2.75) is 27.2 Å². The SMILES string of the molecule is CCOC(=O)N1CCN(c2c(C)cccc2CC)CC1. The summed E-state index contributed by atoms with van der Waals surface area (Å²) in [6.45, 7) is 9.84. The van der Waals surface area contributed by atoms with Crippen LogP contribution in [0.15, 0.2) is 18.2 Å². The molecule has 0 saturated carbocycles. The molecule has 1 aromatic rings. The fourth-order valence-corrected chi connectivity index (χ4v) is 2.78. The summed E-state index contributed by atoms with van der Waals surface area (Å²) in [6.07, 6.45) is 0.849. The van der Waals surface area contributed by atoms with Gasteiger partial charge in [-0.05, 0) is 31.4 Å². The van der Waals surface area contributed by atoms with Crippen LogP contribution in [0.1, 0.15) is 25.0 Å². The zero-order valence-electron chi connectivity index (χ0n) is 12.7. The molecule has 0 radical (unpaired) electrons. The predicted octanol–water partition coefficient (Wildman–Crippen LogP) is 2.84. The van der Waals surface area contributed by atoms with Gasteiger partial charge in [-0.2, -0.15) is 0 Å². The Balaban J connectivity index is 2.06. The van der Waals surface area contributed by atoms with E-state index >= 15 is 0 Å². The molecule has 0 aliphatic carbocycles. The number of nitrogens with zero attached hydrogens (tertiary/aromatic N) is 2. The van der Waals surface area contributed by atoms with E-state index in [2.05, 4.69) is 36.9 Å². The van der Waals surface area contributed by atoms with Crippen molar-refractivity contribution in [2.24, 2.45) is 0 Å². The Labute approximate surface area is 121 Å². The van der Waals surface area contributed by atoms with Gasteiger partial charge in [0.05, 0.1) is 6.61 Å². The first-order chi connectivity index (χ1) is 9.67. The van der Waals surface area contributed by atoms with E-state index in [-0.39, 0.29) is 6.09 Å². The van der Waals surface area contributed by atoms with Gasteiger partial charge < -0.3 is 14.5 Å². The summed E-state index contributed by atoms with van der Waals surface area (Å²) in [5.41, 5.74) is 4.04. The van der Waals surface area contributed by atoms with E-state index < -0.39 is 0 Å². The molecule has 4 nitrogen and oxygen atoms in total. The number of carbonyl (C=O) groups is 1. The fraction of sp³-hybridized carbons (Fsp3) is 0.562. The van der Waals surface area contributed by atoms with Crippen LogP contribution in [0.3, 0.4) is 0 Å². The smallest absolute Gasteiger partial charge is 0.409 e. The average Bonchev–Trinajstić information content (AvgIpc) is 2.47. The zero-order chi connectivity index (χ0) is 14.5. The molecule has 1 saturated heterocycles. The molecule has 0 bridgehead atoms. The number of benzene rings is 1. The van der Waals surface area contributed by atoms with E-state index in [4.69, 9.17) is 4.74 Å². The molecule has 4 heteroatoms. The van der Waals surface area contributed by atoms with Crippen LogP contribution in [-0.2, 0) is 11.2 Å². The van der Waals surface area contributed by atoms with Gasteiger partial charge in [0.2, 0.25) is 0 Å². The Kier molecular flexibility index (Phi) is 4.88. The van der Waals surface area contributed by atoms with Gasteiger partial charge in [0.1, 0.15) is 0 Å². The third-order valence-corrected chi connectivity index (χ3v) is 3.82. The standard InChI is InChI=1S/C16H24N2O2/c1-4-14-8-6-7-13(3)15(14)17-9-11-18(12-10-17)16(19)20-5-2/h6-8H,4-5,9-12H2,1-3H3. The van der Waals surface area contributed by atoms with Crippen LogP contribution in [0, 0.1) is 6.92 Å². The van der Waals surface area contributed by atoms with Gasteiger partial charge in [0.15, 0.2) is 0 Å². The van der Waals surface area contributed by atoms with Gasteiger partial charge in [-0.3, -0.25) is 0 Å². The van der Waals surface area contributed by atoms with Crippen LogP contribution in [0.4, 0.5) is 10.5 Å². The molecule has 1 heterocycles. The normalized spacial score (nSPS) is 15.3. The van der Waals surface area contributed by atoms with Crippen molar-refractivity contribution in [3.63, 3.8) is 0 Å². The lowest BCUT2D eigenvalue weighted by atomic mass is 10.0. The molecule has 1 fully saturated rings. The third kappa shape index (κ3) is 3.06. The first-order valence-electron chi connectivity index (χ1n) is 7.42. The Morgan fingerprint density at radius 2 is 1.90 bits per heavy atom. The molecule has 0 spiro atoms. The zero-order valence-corrected chi connectivity index (χ0v) is 12.7. The maximum absolute atomic E-state index is 11.7. The monoisotopic (exact) mass is 276 g/mol. The second-order valence-corrected chi connectivity index (χ2v) is 5.11. The Morgan fingerprint density at radius 1 is 1.20 bits per heavy atom. The van der Waals surface area contributed by atoms with Crippen molar-refractivity contribution in [3.8, 4) is 0 Å². The highest BCUT2D eigenvalue weighted by Crippen LogP contribution is 2.26. The number of piperazine rings is 1. The van der Waals surface area contributed by atoms with Gasteiger partial charge in [0, 0.05) is 31.9 Å². The summed E-state index contributed by atoms with van der Waals surface area (Å²) >= 11 is 0. The Hall–Kier alpha value is -1.71. The number of ether oxygens (including phenoxy) is 1. The lowest BCUT2D eigenvalue weighted by molar-refractivity contribution is 0.105. The van der Waals surface area contributed by atoms with E-state index in [1.165, 1.54) is 16.8 Å². The maximum atomic E-state index is 11.7. The minimum Gasteiger partial charge on any atom is -0.450 e. The van der Waals surface area contributed by atoms with E-state index in [1.807, 2.05) is 6.92 Å². The van der Waals surface area contributed by atoms with Crippen LogP contribution in [0.5, 0.6) is 0 Å². The molecule has 110 valence electrons. The van der Waals surface area contributed by atoms with Gasteiger partial charge in [0.25, 0.3) is 0 Å². The number of hydrogen-bond donors (Lipinski definition) is 0. The molecule has 0 aromatic heterocycles. The minimum atomic E-state index is -0.187. The summed E-state index contributed by atoms with van der Waals surface area (Å²) in [6, 6.07) is 6.47. The molecular weight excluding hydrogens is 252 g/mol. The first kappa shape index (κ1) is 14.7. The van der Waals surface area contributed by atoms with E-state index in [1.54, 1.807) is 4.90 Å². The first-order valence-corrected chi connectivity index (χ1v) is 7.42.